The van der Waals surface area contributed by atoms with Gasteiger partial charge in [0.15, 0.2) is 11.7 Å². The van der Waals surface area contributed by atoms with Gasteiger partial charge in [-0.1, -0.05) is 0 Å². The summed E-state index contributed by atoms with van der Waals surface area (Å²) in [5.74, 6) is 0.466. The summed E-state index contributed by atoms with van der Waals surface area (Å²) in [7, 11) is 1.46. The molecule has 6 nitrogen and oxygen atoms in total. The van der Waals surface area contributed by atoms with Crippen LogP contribution in [0.1, 0.15) is 28.1 Å². The summed E-state index contributed by atoms with van der Waals surface area (Å²) in [5.41, 5.74) is -0.851. The Balaban J connectivity index is 0.00000338. The third-order valence-corrected chi connectivity index (χ3v) is 4.20. The number of guanidine groups is 1. The highest BCUT2D eigenvalue weighted by molar-refractivity contribution is 14.0. The summed E-state index contributed by atoms with van der Waals surface area (Å²) >= 11 is 1.62. The lowest BCUT2D eigenvalue weighted by Gasteiger charge is -2.11. The summed E-state index contributed by atoms with van der Waals surface area (Å²) in [6.07, 6.45) is -0.598. The first-order chi connectivity index (χ1) is 11.8. The van der Waals surface area contributed by atoms with Crippen molar-refractivity contribution in [2.24, 2.45) is 12.0 Å². The lowest BCUT2D eigenvalue weighted by molar-refractivity contribution is -0.142. The molecule has 0 spiro atoms. The zero-order valence-corrected chi connectivity index (χ0v) is 17.9. The first kappa shape index (κ1) is 22.7. The molecule has 146 valence electrons. The Labute approximate surface area is 171 Å². The number of thiazole rings is 1. The molecule has 11 heteroatoms. The topological polar surface area (TPSA) is 67.1 Å². The molecule has 0 bridgehead atoms. The van der Waals surface area contributed by atoms with Gasteiger partial charge in [0, 0.05) is 49.4 Å². The molecule has 2 N–H and O–H groups in total. The molecule has 0 saturated heterocycles. The first-order valence-electron chi connectivity index (χ1n) is 7.82. The lowest BCUT2D eigenvalue weighted by Crippen LogP contribution is -2.38. The standard InChI is InChI=1S/C15H21F3N6S.HI/c1-4-19-14(20-6-5-12-21-7-10(2)25-12)22-8-11-9-24(3)23-13(11)15(16,17)18;/h7,9H,4-6,8H2,1-3H3,(H2,19,20,22);1H. The van der Waals surface area contributed by atoms with Crippen molar-refractivity contribution in [2.45, 2.75) is 33.0 Å². The van der Waals surface area contributed by atoms with Crippen molar-refractivity contribution in [3.63, 3.8) is 0 Å². The molecule has 2 aromatic rings. The number of halogens is 4. The Kier molecular flexibility index (Phi) is 8.80. The highest BCUT2D eigenvalue weighted by Gasteiger charge is 2.36. The SMILES string of the molecule is CCNC(=NCc1cn(C)nc1C(F)(F)F)NCCc1ncc(C)s1.I. The van der Waals surface area contributed by atoms with Gasteiger partial charge in [-0.05, 0) is 13.8 Å². The van der Waals surface area contributed by atoms with Crippen molar-refractivity contribution in [1.29, 1.82) is 0 Å². The van der Waals surface area contributed by atoms with E-state index < -0.39 is 11.9 Å². The predicted octanol–water partition coefficient (Wildman–Crippen LogP) is 3.12. The fourth-order valence-electron chi connectivity index (χ4n) is 2.20. The monoisotopic (exact) mass is 502 g/mol. The van der Waals surface area contributed by atoms with Crippen LogP contribution in [0.5, 0.6) is 0 Å². The lowest BCUT2D eigenvalue weighted by atomic mass is 10.2. The van der Waals surface area contributed by atoms with E-state index in [1.807, 2.05) is 20.0 Å². The Morgan fingerprint density at radius 1 is 1.35 bits per heavy atom. The van der Waals surface area contributed by atoms with E-state index >= 15 is 0 Å². The molecule has 0 aliphatic heterocycles. The van der Waals surface area contributed by atoms with Crippen LogP contribution < -0.4 is 10.6 Å². The van der Waals surface area contributed by atoms with Crippen LogP contribution in [0.2, 0.25) is 0 Å². The van der Waals surface area contributed by atoms with Crippen molar-refractivity contribution in [1.82, 2.24) is 25.4 Å². The number of nitrogens with one attached hydrogen (secondary N) is 2. The van der Waals surface area contributed by atoms with Crippen LogP contribution >= 0.6 is 35.3 Å². The number of nitrogens with zero attached hydrogens (tertiary/aromatic N) is 4. The van der Waals surface area contributed by atoms with Gasteiger partial charge in [-0.25, -0.2) is 9.98 Å². The summed E-state index contributed by atoms with van der Waals surface area (Å²) in [6.45, 7) is 4.99. The predicted molar refractivity (Wildman–Crippen MR) is 107 cm³/mol. The highest BCUT2D eigenvalue weighted by atomic mass is 127. The molecule has 2 heterocycles. The van der Waals surface area contributed by atoms with Gasteiger partial charge >= 0.3 is 6.18 Å². The number of hydrogen-bond donors (Lipinski definition) is 2. The van der Waals surface area contributed by atoms with E-state index in [9.17, 15) is 13.2 Å². The van der Waals surface area contributed by atoms with Crippen LogP contribution in [0.25, 0.3) is 0 Å². The van der Waals surface area contributed by atoms with Gasteiger partial charge in [-0.15, -0.1) is 35.3 Å². The van der Waals surface area contributed by atoms with Crippen LogP contribution in [0.3, 0.4) is 0 Å². The van der Waals surface area contributed by atoms with Gasteiger partial charge in [-0.2, -0.15) is 18.3 Å². The largest absolute Gasteiger partial charge is 0.435 e. The van der Waals surface area contributed by atoms with Crippen molar-refractivity contribution in [2.75, 3.05) is 13.1 Å². The number of alkyl halides is 3. The number of aromatic nitrogens is 3. The molecule has 0 atom stereocenters. The molecular formula is C15H22F3IN6S. The molecule has 0 aromatic carbocycles. The molecular weight excluding hydrogens is 480 g/mol. The maximum Gasteiger partial charge on any atom is 0.435 e. The van der Waals surface area contributed by atoms with Crippen molar-refractivity contribution < 1.29 is 13.2 Å². The van der Waals surface area contributed by atoms with E-state index in [-0.39, 0.29) is 36.1 Å². The van der Waals surface area contributed by atoms with Crippen LogP contribution in [0.15, 0.2) is 17.4 Å². The number of aliphatic imine (C=N–C) groups is 1. The minimum atomic E-state index is -4.49. The Hall–Kier alpha value is -1.37. The van der Waals surface area contributed by atoms with E-state index in [2.05, 4.69) is 25.7 Å². The average Bonchev–Trinajstić information content (AvgIpc) is 3.10. The van der Waals surface area contributed by atoms with Gasteiger partial charge in [0.2, 0.25) is 0 Å². The molecule has 0 saturated carbocycles. The Morgan fingerprint density at radius 3 is 2.65 bits per heavy atom. The molecule has 0 aliphatic carbocycles. The Morgan fingerprint density at radius 2 is 2.08 bits per heavy atom. The zero-order chi connectivity index (χ0) is 18.4. The van der Waals surface area contributed by atoms with Crippen molar-refractivity contribution >= 4 is 41.3 Å². The van der Waals surface area contributed by atoms with Gasteiger partial charge in [-0.3, -0.25) is 4.68 Å². The quantitative estimate of drug-likeness (QED) is 0.362. The number of rotatable bonds is 6. The fourth-order valence-corrected chi connectivity index (χ4v) is 2.99. The second kappa shape index (κ2) is 10.1. The van der Waals surface area contributed by atoms with Crippen molar-refractivity contribution in [3.8, 4) is 0 Å². The maximum atomic E-state index is 13.0. The summed E-state index contributed by atoms with van der Waals surface area (Å²) in [6, 6.07) is 0. The second-order valence-corrected chi connectivity index (χ2v) is 6.73. The third-order valence-electron chi connectivity index (χ3n) is 3.23. The van der Waals surface area contributed by atoms with Gasteiger partial charge < -0.3 is 10.6 Å². The smallest absolute Gasteiger partial charge is 0.357 e. The zero-order valence-electron chi connectivity index (χ0n) is 14.7. The molecule has 0 unspecified atom stereocenters. The summed E-state index contributed by atoms with van der Waals surface area (Å²) < 4.78 is 40.0. The molecule has 0 fully saturated rings. The maximum absolute atomic E-state index is 13.0. The van der Waals surface area contributed by atoms with Gasteiger partial charge in [0.05, 0.1) is 11.6 Å². The van der Waals surface area contributed by atoms with E-state index in [1.165, 1.54) is 13.2 Å². The van der Waals surface area contributed by atoms with Gasteiger partial charge in [0.1, 0.15) is 0 Å². The van der Waals surface area contributed by atoms with Gasteiger partial charge in [0.25, 0.3) is 0 Å². The van der Waals surface area contributed by atoms with E-state index in [1.54, 1.807) is 11.3 Å². The summed E-state index contributed by atoms with van der Waals surface area (Å²) in [4.78, 5) is 9.65. The average molecular weight is 502 g/mol. The molecule has 26 heavy (non-hydrogen) atoms. The normalized spacial score (nSPS) is 12.0. The van der Waals surface area contributed by atoms with E-state index in [0.29, 0.717) is 19.0 Å². The molecule has 2 aromatic heterocycles. The minimum absolute atomic E-state index is 0. The summed E-state index contributed by atoms with van der Waals surface area (Å²) in [5, 5.41) is 10.6. The van der Waals surface area contributed by atoms with Crippen LogP contribution in [0.4, 0.5) is 13.2 Å². The molecule has 0 radical (unpaired) electrons. The van der Waals surface area contributed by atoms with E-state index in [0.717, 1.165) is 21.0 Å². The van der Waals surface area contributed by atoms with E-state index in [4.69, 9.17) is 0 Å². The van der Waals surface area contributed by atoms with Crippen LogP contribution in [0, 0.1) is 6.92 Å². The molecule has 0 aliphatic rings. The molecule has 2 rings (SSSR count). The van der Waals surface area contributed by atoms with Crippen LogP contribution in [-0.4, -0.2) is 33.8 Å². The second-order valence-electron chi connectivity index (χ2n) is 5.41. The molecule has 0 amide bonds. The third kappa shape index (κ3) is 6.74. The highest BCUT2D eigenvalue weighted by Crippen LogP contribution is 2.30. The number of hydrogen-bond acceptors (Lipinski definition) is 4. The van der Waals surface area contributed by atoms with Crippen molar-refractivity contribution in [3.05, 3.63) is 33.5 Å². The first-order valence-corrected chi connectivity index (χ1v) is 8.64. The minimum Gasteiger partial charge on any atom is -0.357 e. The fraction of sp³-hybridized carbons (Fsp3) is 0.533. The van der Waals surface area contributed by atoms with Crippen LogP contribution in [-0.2, 0) is 26.2 Å². The number of aryl methyl sites for hydroxylation is 2. The Bertz CT molecular complexity index is 725.